The number of hydrogen-bond donors (Lipinski definition) is 0. The van der Waals surface area contributed by atoms with Crippen molar-refractivity contribution < 1.29 is 9.13 Å². The number of rotatable bonds is 5. The molecule has 0 atom stereocenters. The normalized spacial score (nSPS) is 10.5. The summed E-state index contributed by atoms with van der Waals surface area (Å²) < 4.78 is 18.9. The van der Waals surface area contributed by atoms with Gasteiger partial charge >= 0.3 is 0 Å². The number of benzene rings is 2. The fourth-order valence-corrected chi connectivity index (χ4v) is 2.43. The molecule has 2 rings (SSSR count). The van der Waals surface area contributed by atoms with E-state index in [4.69, 9.17) is 16.3 Å². The van der Waals surface area contributed by atoms with E-state index >= 15 is 0 Å². The average Bonchev–Trinajstić information content (AvgIpc) is 2.47. The SMILES string of the molecule is C=C(CCl)c1cc(C)cc(OCC)c1-c1ccc(F)cc1. The first kappa shape index (κ1) is 15.6. The van der Waals surface area contributed by atoms with E-state index in [0.29, 0.717) is 12.5 Å². The maximum absolute atomic E-state index is 13.2. The highest BCUT2D eigenvalue weighted by molar-refractivity contribution is 6.23. The Hall–Kier alpha value is -1.80. The van der Waals surface area contributed by atoms with E-state index in [9.17, 15) is 4.39 Å². The van der Waals surface area contributed by atoms with E-state index in [-0.39, 0.29) is 5.82 Å². The van der Waals surface area contributed by atoms with Crippen LogP contribution in [0.3, 0.4) is 0 Å². The maximum Gasteiger partial charge on any atom is 0.127 e. The van der Waals surface area contributed by atoms with Crippen LogP contribution in [0.2, 0.25) is 0 Å². The molecule has 0 amide bonds. The summed E-state index contributed by atoms with van der Waals surface area (Å²) in [6.07, 6.45) is 0. The van der Waals surface area contributed by atoms with Gasteiger partial charge in [0.05, 0.1) is 6.61 Å². The van der Waals surface area contributed by atoms with Crippen LogP contribution in [0, 0.1) is 12.7 Å². The van der Waals surface area contributed by atoms with Crippen LogP contribution in [0.25, 0.3) is 16.7 Å². The molecule has 0 spiro atoms. The van der Waals surface area contributed by atoms with Gasteiger partial charge in [-0.05, 0) is 54.3 Å². The molecule has 0 heterocycles. The first-order valence-electron chi connectivity index (χ1n) is 6.84. The van der Waals surface area contributed by atoms with E-state index in [0.717, 1.165) is 33.6 Å². The summed E-state index contributed by atoms with van der Waals surface area (Å²) in [5.41, 5.74) is 4.64. The minimum absolute atomic E-state index is 0.262. The molecule has 0 N–H and O–H groups in total. The number of alkyl halides is 1. The number of aryl methyl sites for hydroxylation is 1. The monoisotopic (exact) mass is 304 g/mol. The predicted octanol–water partition coefficient (Wildman–Crippen LogP) is 5.45. The fraction of sp³-hybridized carbons (Fsp3) is 0.222. The van der Waals surface area contributed by atoms with Gasteiger partial charge in [-0.1, -0.05) is 24.8 Å². The van der Waals surface area contributed by atoms with Crippen LogP contribution in [0.1, 0.15) is 18.1 Å². The molecule has 2 aromatic carbocycles. The molecule has 0 aliphatic rings. The molecule has 0 aromatic heterocycles. The largest absolute Gasteiger partial charge is 0.493 e. The van der Waals surface area contributed by atoms with E-state index in [1.54, 1.807) is 12.1 Å². The van der Waals surface area contributed by atoms with Crippen molar-refractivity contribution in [2.24, 2.45) is 0 Å². The molecule has 0 saturated carbocycles. The van der Waals surface area contributed by atoms with Crippen molar-refractivity contribution >= 4 is 17.2 Å². The summed E-state index contributed by atoms with van der Waals surface area (Å²) in [5, 5.41) is 0. The summed E-state index contributed by atoms with van der Waals surface area (Å²) in [6.45, 7) is 8.53. The topological polar surface area (TPSA) is 9.23 Å². The molecule has 1 nitrogen and oxygen atoms in total. The van der Waals surface area contributed by atoms with Crippen LogP contribution in [0.5, 0.6) is 5.75 Å². The molecule has 0 saturated heterocycles. The average molecular weight is 305 g/mol. The van der Waals surface area contributed by atoms with Gasteiger partial charge in [0.1, 0.15) is 11.6 Å². The summed E-state index contributed by atoms with van der Waals surface area (Å²) >= 11 is 5.95. The second-order valence-electron chi connectivity index (χ2n) is 4.86. The summed E-state index contributed by atoms with van der Waals surface area (Å²) in [7, 11) is 0. The fourth-order valence-electron chi connectivity index (χ4n) is 2.29. The Bertz CT molecular complexity index is 647. The third-order valence-electron chi connectivity index (χ3n) is 3.22. The van der Waals surface area contributed by atoms with Gasteiger partial charge in [0.25, 0.3) is 0 Å². The van der Waals surface area contributed by atoms with Gasteiger partial charge < -0.3 is 4.74 Å². The van der Waals surface area contributed by atoms with Gasteiger partial charge in [0.2, 0.25) is 0 Å². The van der Waals surface area contributed by atoms with Crippen molar-refractivity contribution in [2.45, 2.75) is 13.8 Å². The zero-order chi connectivity index (χ0) is 15.4. The quantitative estimate of drug-likeness (QED) is 0.667. The van der Waals surface area contributed by atoms with Crippen LogP contribution in [0.15, 0.2) is 43.0 Å². The minimum atomic E-state index is -0.262. The molecule has 2 aromatic rings. The third-order valence-corrected chi connectivity index (χ3v) is 3.54. The Morgan fingerprint density at radius 1 is 1.24 bits per heavy atom. The predicted molar refractivity (Wildman–Crippen MR) is 87.5 cm³/mol. The van der Waals surface area contributed by atoms with E-state index in [2.05, 4.69) is 6.58 Å². The molecule has 0 aliphatic heterocycles. The highest BCUT2D eigenvalue weighted by Gasteiger charge is 2.15. The molecule has 0 aliphatic carbocycles. The first-order valence-corrected chi connectivity index (χ1v) is 7.37. The van der Waals surface area contributed by atoms with Crippen molar-refractivity contribution in [3.63, 3.8) is 0 Å². The number of hydrogen-bond acceptors (Lipinski definition) is 1. The van der Waals surface area contributed by atoms with Crippen molar-refractivity contribution in [3.05, 3.63) is 59.9 Å². The van der Waals surface area contributed by atoms with Gasteiger partial charge in [-0.3, -0.25) is 0 Å². The lowest BCUT2D eigenvalue weighted by molar-refractivity contribution is 0.341. The zero-order valence-electron chi connectivity index (χ0n) is 12.2. The minimum Gasteiger partial charge on any atom is -0.493 e. The van der Waals surface area contributed by atoms with Crippen LogP contribution in [-0.2, 0) is 0 Å². The van der Waals surface area contributed by atoms with Crippen LogP contribution < -0.4 is 4.74 Å². The standard InChI is InChI=1S/C18H18ClFO/c1-4-21-17-10-12(2)9-16(13(3)11-19)18(17)14-5-7-15(20)8-6-14/h5-10H,3-4,11H2,1-2H3. The van der Waals surface area contributed by atoms with E-state index in [1.165, 1.54) is 12.1 Å². The molecule has 0 fully saturated rings. The van der Waals surface area contributed by atoms with Gasteiger partial charge in [0.15, 0.2) is 0 Å². The van der Waals surface area contributed by atoms with Crippen molar-refractivity contribution in [1.82, 2.24) is 0 Å². The molecule has 0 unspecified atom stereocenters. The Kier molecular flexibility index (Phi) is 5.03. The Balaban J connectivity index is 2.69. The van der Waals surface area contributed by atoms with Crippen molar-refractivity contribution in [1.29, 1.82) is 0 Å². The van der Waals surface area contributed by atoms with Crippen molar-refractivity contribution in [3.8, 4) is 16.9 Å². The van der Waals surface area contributed by atoms with Crippen LogP contribution in [0.4, 0.5) is 4.39 Å². The Morgan fingerprint density at radius 3 is 2.48 bits per heavy atom. The molecule has 21 heavy (non-hydrogen) atoms. The van der Waals surface area contributed by atoms with E-state index < -0.39 is 0 Å². The molecular weight excluding hydrogens is 287 g/mol. The third kappa shape index (κ3) is 3.45. The number of allylic oxidation sites excluding steroid dienone is 1. The lowest BCUT2D eigenvalue weighted by Gasteiger charge is -2.17. The van der Waals surface area contributed by atoms with Crippen LogP contribution in [-0.4, -0.2) is 12.5 Å². The van der Waals surface area contributed by atoms with Gasteiger partial charge in [0, 0.05) is 11.4 Å². The van der Waals surface area contributed by atoms with Gasteiger partial charge in [-0.15, -0.1) is 11.6 Å². The van der Waals surface area contributed by atoms with Gasteiger partial charge in [-0.25, -0.2) is 4.39 Å². The number of ether oxygens (including phenoxy) is 1. The molecule has 0 radical (unpaired) electrons. The van der Waals surface area contributed by atoms with Crippen molar-refractivity contribution in [2.75, 3.05) is 12.5 Å². The summed E-state index contributed by atoms with van der Waals surface area (Å²) in [4.78, 5) is 0. The second kappa shape index (κ2) is 6.77. The summed E-state index contributed by atoms with van der Waals surface area (Å²) in [5.74, 6) is 0.843. The van der Waals surface area contributed by atoms with Gasteiger partial charge in [-0.2, -0.15) is 0 Å². The lowest BCUT2D eigenvalue weighted by atomic mass is 9.93. The zero-order valence-corrected chi connectivity index (χ0v) is 13.0. The maximum atomic E-state index is 13.2. The first-order chi connectivity index (χ1) is 10.1. The highest BCUT2D eigenvalue weighted by Crippen LogP contribution is 2.38. The molecule has 110 valence electrons. The van der Waals surface area contributed by atoms with E-state index in [1.807, 2.05) is 26.0 Å². The second-order valence-corrected chi connectivity index (χ2v) is 5.13. The Morgan fingerprint density at radius 2 is 1.90 bits per heavy atom. The van der Waals surface area contributed by atoms with Crippen LogP contribution >= 0.6 is 11.6 Å². The highest BCUT2D eigenvalue weighted by atomic mass is 35.5. The smallest absolute Gasteiger partial charge is 0.127 e. The molecular formula is C18H18ClFO. The molecule has 3 heteroatoms. The Labute approximate surface area is 130 Å². The summed E-state index contributed by atoms with van der Waals surface area (Å²) in [6, 6.07) is 10.4. The number of halogens is 2. The molecule has 0 bridgehead atoms. The lowest BCUT2D eigenvalue weighted by Crippen LogP contribution is -1.99.